The Morgan fingerprint density at radius 3 is 2.22 bits per heavy atom. The van der Waals surface area contributed by atoms with Crippen molar-refractivity contribution in [1.82, 2.24) is 9.13 Å². The Morgan fingerprint density at radius 2 is 1.53 bits per heavy atom. The Morgan fingerprint density at radius 1 is 0.906 bits per heavy atom. The molecule has 0 aliphatic carbocycles. The van der Waals surface area contributed by atoms with E-state index >= 15 is 0 Å². The first kappa shape index (κ1) is 21.5. The minimum Gasteiger partial charge on any atom is -0.465 e. The number of para-hydroxylation sites is 1. The van der Waals surface area contributed by atoms with E-state index in [9.17, 15) is 14.4 Å². The number of hydrogen-bond donors (Lipinski definition) is 2. The normalized spacial score (nSPS) is 13.8. The van der Waals surface area contributed by atoms with Crippen LogP contribution >= 0.6 is 0 Å². The number of carbonyl (C=O) groups excluding carboxylic acids is 2. The van der Waals surface area contributed by atoms with Gasteiger partial charge in [-0.3, -0.25) is 9.13 Å². The van der Waals surface area contributed by atoms with E-state index in [1.165, 1.54) is 13.5 Å². The van der Waals surface area contributed by atoms with Gasteiger partial charge in [0.15, 0.2) is 0 Å². The van der Waals surface area contributed by atoms with Crippen molar-refractivity contribution in [3.63, 3.8) is 0 Å². The molecule has 2 heterocycles. The summed E-state index contributed by atoms with van der Waals surface area (Å²) in [6.07, 6.45) is 3.32. The number of urea groups is 1. The number of aromatic nitrogens is 2. The van der Waals surface area contributed by atoms with E-state index in [1.807, 2.05) is 12.1 Å². The zero-order chi connectivity index (χ0) is 22.8. The maximum absolute atomic E-state index is 12.9. The number of piperidine rings is 1. The van der Waals surface area contributed by atoms with Crippen molar-refractivity contribution in [3.05, 3.63) is 52.4 Å². The van der Waals surface area contributed by atoms with E-state index in [1.54, 1.807) is 47.5 Å². The van der Waals surface area contributed by atoms with E-state index in [4.69, 9.17) is 4.74 Å². The van der Waals surface area contributed by atoms with Gasteiger partial charge in [0.1, 0.15) is 0 Å². The topological polar surface area (TPSA) is 97.6 Å². The van der Waals surface area contributed by atoms with Crippen LogP contribution < -0.4 is 21.2 Å². The molecule has 0 saturated carbocycles. The molecule has 1 fully saturated rings. The Kier molecular flexibility index (Phi) is 5.89. The number of carbonyl (C=O) groups is 2. The fourth-order valence-corrected chi connectivity index (χ4v) is 4.19. The summed E-state index contributed by atoms with van der Waals surface area (Å²) >= 11 is 0. The van der Waals surface area contributed by atoms with Crippen LogP contribution in [0.2, 0.25) is 0 Å². The first-order valence-corrected chi connectivity index (χ1v) is 10.6. The molecule has 2 N–H and O–H groups in total. The lowest BCUT2D eigenvalue weighted by molar-refractivity contribution is 0.0602. The second kappa shape index (κ2) is 8.78. The number of hydrogen-bond acceptors (Lipinski definition) is 5. The van der Waals surface area contributed by atoms with Crippen LogP contribution in [0.5, 0.6) is 0 Å². The number of nitrogens with one attached hydrogen (secondary N) is 2. The monoisotopic (exact) mass is 437 g/mol. The zero-order valence-electron chi connectivity index (χ0n) is 18.5. The highest BCUT2D eigenvalue weighted by molar-refractivity contribution is 6.07. The first-order valence-electron chi connectivity index (χ1n) is 10.6. The summed E-state index contributed by atoms with van der Waals surface area (Å²) in [5.74, 6) is -0.532. The summed E-state index contributed by atoms with van der Waals surface area (Å²) in [5.41, 5.74) is 3.50. The number of imidazole rings is 1. The van der Waals surface area contributed by atoms with Crippen LogP contribution in [0, 0.1) is 0 Å². The Balaban J connectivity index is 1.70. The highest BCUT2D eigenvalue weighted by Crippen LogP contribution is 2.33. The van der Waals surface area contributed by atoms with Crippen LogP contribution in [0.1, 0.15) is 29.6 Å². The van der Waals surface area contributed by atoms with Crippen LogP contribution in [0.15, 0.2) is 41.2 Å². The lowest BCUT2D eigenvalue weighted by atomic mass is 10.1. The SMILES string of the molecule is COC(=O)c1ccccc1NC(=O)Nc1cc2c(cc1N1CCCCC1)n(C)c(=O)n2C. The average molecular weight is 438 g/mol. The van der Waals surface area contributed by atoms with Gasteiger partial charge in [-0.25, -0.2) is 14.4 Å². The van der Waals surface area contributed by atoms with Gasteiger partial charge in [-0.1, -0.05) is 12.1 Å². The van der Waals surface area contributed by atoms with Gasteiger partial charge in [-0.2, -0.15) is 0 Å². The van der Waals surface area contributed by atoms with Gasteiger partial charge in [0, 0.05) is 27.2 Å². The summed E-state index contributed by atoms with van der Waals surface area (Å²) in [6.45, 7) is 1.77. The van der Waals surface area contributed by atoms with E-state index in [0.29, 0.717) is 11.4 Å². The van der Waals surface area contributed by atoms with Gasteiger partial charge >= 0.3 is 17.7 Å². The summed E-state index contributed by atoms with van der Waals surface area (Å²) in [6, 6.07) is 9.96. The molecule has 9 nitrogen and oxygen atoms in total. The van der Waals surface area contributed by atoms with Crippen LogP contribution in [-0.2, 0) is 18.8 Å². The van der Waals surface area contributed by atoms with Gasteiger partial charge in [0.2, 0.25) is 0 Å². The molecule has 1 aromatic heterocycles. The number of rotatable bonds is 4. The first-order chi connectivity index (χ1) is 15.4. The Hall–Kier alpha value is -3.75. The predicted molar refractivity (Wildman–Crippen MR) is 125 cm³/mol. The molecule has 1 saturated heterocycles. The van der Waals surface area contributed by atoms with Gasteiger partial charge < -0.3 is 20.3 Å². The molecule has 0 atom stereocenters. The zero-order valence-corrected chi connectivity index (χ0v) is 18.5. The van der Waals surface area contributed by atoms with Crippen molar-refractivity contribution in [3.8, 4) is 0 Å². The Labute approximate surface area is 185 Å². The second-order valence-corrected chi connectivity index (χ2v) is 7.92. The number of esters is 1. The summed E-state index contributed by atoms with van der Waals surface area (Å²) < 4.78 is 7.97. The van der Waals surface area contributed by atoms with Crippen molar-refractivity contribution in [2.24, 2.45) is 14.1 Å². The third-order valence-corrected chi connectivity index (χ3v) is 5.91. The maximum atomic E-state index is 12.9. The molecule has 0 bridgehead atoms. The van der Waals surface area contributed by atoms with Crippen molar-refractivity contribution in [2.75, 3.05) is 35.7 Å². The lowest BCUT2D eigenvalue weighted by Crippen LogP contribution is -2.31. The molecule has 32 heavy (non-hydrogen) atoms. The van der Waals surface area contributed by atoms with Crippen LogP contribution in [0.25, 0.3) is 11.0 Å². The van der Waals surface area contributed by atoms with Crippen molar-refractivity contribution < 1.29 is 14.3 Å². The largest absolute Gasteiger partial charge is 0.465 e. The summed E-state index contributed by atoms with van der Waals surface area (Å²) in [7, 11) is 4.75. The molecule has 3 aromatic rings. The molecule has 0 spiro atoms. The Bertz CT molecular complexity index is 1240. The molecular formula is C23H27N5O4. The fourth-order valence-electron chi connectivity index (χ4n) is 4.19. The predicted octanol–water partition coefficient (Wildman–Crippen LogP) is 3.30. The van der Waals surface area contributed by atoms with E-state index < -0.39 is 12.0 Å². The third-order valence-electron chi connectivity index (χ3n) is 5.91. The highest BCUT2D eigenvalue weighted by Gasteiger charge is 2.20. The number of anilines is 3. The molecule has 9 heteroatoms. The molecule has 2 aromatic carbocycles. The maximum Gasteiger partial charge on any atom is 0.339 e. The lowest BCUT2D eigenvalue weighted by Gasteiger charge is -2.30. The number of methoxy groups -OCH3 is 1. The van der Waals surface area contributed by atoms with Gasteiger partial charge in [0.25, 0.3) is 0 Å². The number of fused-ring (bicyclic) bond motifs is 1. The molecule has 168 valence electrons. The van der Waals surface area contributed by atoms with Gasteiger partial charge in [0.05, 0.1) is 40.8 Å². The number of benzene rings is 2. The van der Waals surface area contributed by atoms with Crippen molar-refractivity contribution in [1.29, 1.82) is 0 Å². The number of nitrogens with zero attached hydrogens (tertiary/aromatic N) is 3. The van der Waals surface area contributed by atoms with Crippen molar-refractivity contribution >= 4 is 40.1 Å². The van der Waals surface area contributed by atoms with E-state index in [-0.39, 0.29) is 11.3 Å². The number of ether oxygens (including phenoxy) is 1. The summed E-state index contributed by atoms with van der Waals surface area (Å²) in [5, 5.41) is 5.66. The number of aryl methyl sites for hydroxylation is 2. The minimum absolute atomic E-state index is 0.127. The van der Waals surface area contributed by atoms with Crippen LogP contribution in [0.3, 0.4) is 0 Å². The van der Waals surface area contributed by atoms with Gasteiger partial charge in [-0.15, -0.1) is 0 Å². The van der Waals surface area contributed by atoms with Crippen molar-refractivity contribution in [2.45, 2.75) is 19.3 Å². The van der Waals surface area contributed by atoms with E-state index in [2.05, 4.69) is 15.5 Å². The molecule has 2 amide bonds. The molecule has 0 unspecified atom stereocenters. The quantitative estimate of drug-likeness (QED) is 0.611. The molecule has 4 rings (SSSR count). The highest BCUT2D eigenvalue weighted by atomic mass is 16.5. The minimum atomic E-state index is -0.532. The third kappa shape index (κ3) is 3.93. The smallest absolute Gasteiger partial charge is 0.339 e. The van der Waals surface area contributed by atoms with Gasteiger partial charge in [-0.05, 0) is 43.5 Å². The molecular weight excluding hydrogens is 410 g/mol. The summed E-state index contributed by atoms with van der Waals surface area (Å²) in [4.78, 5) is 39.6. The second-order valence-electron chi connectivity index (χ2n) is 7.92. The average Bonchev–Trinajstić information content (AvgIpc) is 3.02. The number of amides is 2. The standard InChI is InChI=1S/C23H27N5O4/c1-26-19-13-17(25-22(30)24-16-10-6-5-9-15(16)21(29)32-3)18(28-11-7-4-8-12-28)14-20(19)27(2)23(26)31/h5-6,9-10,13-14H,4,7-8,11-12H2,1-3H3,(H2,24,25,30). The molecule has 1 aliphatic heterocycles. The molecule has 1 aliphatic rings. The molecule has 0 radical (unpaired) electrons. The van der Waals surface area contributed by atoms with Crippen LogP contribution in [-0.4, -0.2) is 41.3 Å². The van der Waals surface area contributed by atoms with E-state index in [0.717, 1.165) is 42.7 Å². The fraction of sp³-hybridized carbons (Fsp3) is 0.348. The van der Waals surface area contributed by atoms with Crippen LogP contribution in [0.4, 0.5) is 21.9 Å².